The monoisotopic (exact) mass is 666 g/mol. The van der Waals surface area contributed by atoms with Gasteiger partial charge in [0.05, 0.1) is 5.69 Å². The van der Waals surface area contributed by atoms with Crippen LogP contribution in [0.15, 0.2) is 53.6 Å². The van der Waals surface area contributed by atoms with Gasteiger partial charge in [0.1, 0.15) is 29.6 Å². The second kappa shape index (κ2) is 12.6. The summed E-state index contributed by atoms with van der Waals surface area (Å²) in [7, 11) is 3.76. The van der Waals surface area contributed by atoms with Crippen molar-refractivity contribution in [3.63, 3.8) is 0 Å². The highest BCUT2D eigenvalue weighted by atomic mass is 19.1. The predicted molar refractivity (Wildman–Crippen MR) is 187 cm³/mol. The number of hydrogen-bond donors (Lipinski definition) is 1. The lowest BCUT2D eigenvalue weighted by Gasteiger charge is -2.32. The molecule has 1 aromatic carbocycles. The Labute approximate surface area is 285 Å². The Morgan fingerprint density at radius 2 is 1.82 bits per heavy atom. The summed E-state index contributed by atoms with van der Waals surface area (Å²) >= 11 is 0. The van der Waals surface area contributed by atoms with Gasteiger partial charge in [0.2, 0.25) is 0 Å². The third-order valence-electron chi connectivity index (χ3n) is 10.3. The van der Waals surface area contributed by atoms with Crippen LogP contribution >= 0.6 is 0 Å². The standard InChI is InChI=1S/C38H43FN6O4/c1-23(46)49-22-30-29(16-28(39)17-32(30)45-13-12-44-33(37(45)48)15-26-18-38(2,3)19-34(26)44)27-14-31(36(47)43(5)21-27)41-35-7-6-25(20-40-35)24-8-10-42(4)11-9-24/h6-7,14-17,20-21,24H,8-13,18-19,22H2,1-5H3,(H,40,41). The number of nitrogens with zero attached hydrogens (tertiary/aromatic N) is 5. The summed E-state index contributed by atoms with van der Waals surface area (Å²) in [5.74, 6) is -0.309. The molecule has 0 unspecified atom stereocenters. The molecule has 1 fully saturated rings. The van der Waals surface area contributed by atoms with E-state index in [1.165, 1.54) is 40.4 Å². The number of aryl methyl sites for hydroxylation is 1. The molecule has 1 aliphatic carbocycles. The molecule has 3 aromatic heterocycles. The Morgan fingerprint density at radius 3 is 2.53 bits per heavy atom. The molecule has 1 N–H and O–H groups in total. The van der Waals surface area contributed by atoms with Crippen LogP contribution in [0.4, 0.5) is 21.6 Å². The van der Waals surface area contributed by atoms with E-state index in [1.807, 2.05) is 18.3 Å². The van der Waals surface area contributed by atoms with E-state index in [9.17, 15) is 14.4 Å². The number of likely N-dealkylation sites (tertiary alicyclic amines) is 1. The average molecular weight is 667 g/mol. The van der Waals surface area contributed by atoms with E-state index in [0.717, 1.165) is 38.8 Å². The second-order valence-electron chi connectivity index (χ2n) is 14.6. The number of aromatic nitrogens is 3. The molecule has 0 spiro atoms. The van der Waals surface area contributed by atoms with Crippen molar-refractivity contribution in [1.29, 1.82) is 0 Å². The van der Waals surface area contributed by atoms with Crippen molar-refractivity contribution in [1.82, 2.24) is 19.0 Å². The third-order valence-corrected chi connectivity index (χ3v) is 10.3. The number of hydrogen-bond acceptors (Lipinski definition) is 7. The van der Waals surface area contributed by atoms with Crippen LogP contribution < -0.4 is 15.8 Å². The number of pyridine rings is 2. The van der Waals surface area contributed by atoms with Crippen molar-refractivity contribution in [2.24, 2.45) is 12.5 Å². The predicted octanol–water partition coefficient (Wildman–Crippen LogP) is 5.79. The molecule has 3 aliphatic rings. The molecule has 5 heterocycles. The maximum Gasteiger partial charge on any atom is 0.302 e. The first kappa shape index (κ1) is 32.8. The molecule has 4 aromatic rings. The molecule has 0 bridgehead atoms. The fourth-order valence-corrected chi connectivity index (χ4v) is 7.74. The Bertz CT molecular complexity index is 2010. The topological polar surface area (TPSA) is 102 Å². The zero-order valence-corrected chi connectivity index (χ0v) is 28.8. The molecule has 49 heavy (non-hydrogen) atoms. The van der Waals surface area contributed by atoms with Gasteiger partial charge in [0, 0.05) is 56.3 Å². The van der Waals surface area contributed by atoms with Gasteiger partial charge in [-0.2, -0.15) is 0 Å². The van der Waals surface area contributed by atoms with Crippen molar-refractivity contribution in [2.45, 2.75) is 65.5 Å². The van der Waals surface area contributed by atoms with Crippen LogP contribution in [0, 0.1) is 11.2 Å². The fraction of sp³-hybridized carbons (Fsp3) is 0.421. The first-order valence-corrected chi connectivity index (χ1v) is 17.0. The molecule has 2 aliphatic heterocycles. The Kier molecular flexibility index (Phi) is 8.42. The number of nitrogens with one attached hydrogen (secondary N) is 1. The number of rotatable bonds is 7. The van der Waals surface area contributed by atoms with Gasteiger partial charge in [-0.25, -0.2) is 9.37 Å². The zero-order valence-electron chi connectivity index (χ0n) is 28.8. The Hall–Kier alpha value is -4.77. The van der Waals surface area contributed by atoms with Crippen molar-refractivity contribution < 1.29 is 18.7 Å². The van der Waals surface area contributed by atoms with Crippen LogP contribution in [0.25, 0.3) is 11.1 Å². The molecule has 1 saturated heterocycles. The summed E-state index contributed by atoms with van der Waals surface area (Å²) in [6, 6.07) is 10.2. The highest BCUT2D eigenvalue weighted by molar-refractivity contribution is 6.07. The van der Waals surface area contributed by atoms with Gasteiger partial charge in [-0.05, 0) is 104 Å². The number of ether oxygens (including phenoxy) is 1. The second-order valence-corrected chi connectivity index (χ2v) is 14.6. The van der Waals surface area contributed by atoms with Crippen molar-refractivity contribution in [3.8, 4) is 11.1 Å². The van der Waals surface area contributed by atoms with Gasteiger partial charge in [-0.1, -0.05) is 19.9 Å². The number of amides is 1. The lowest BCUT2D eigenvalue weighted by atomic mass is 9.90. The molecular formula is C38H43FN6O4. The maximum absolute atomic E-state index is 15.6. The van der Waals surface area contributed by atoms with Gasteiger partial charge in [-0.15, -0.1) is 0 Å². The summed E-state index contributed by atoms with van der Waals surface area (Å²) in [5.41, 5.74) is 6.01. The zero-order chi connectivity index (χ0) is 34.6. The number of halogens is 1. The summed E-state index contributed by atoms with van der Waals surface area (Å²) < 4.78 is 24.6. The maximum atomic E-state index is 15.6. The van der Waals surface area contributed by atoms with Gasteiger partial charge in [0.25, 0.3) is 11.5 Å². The summed E-state index contributed by atoms with van der Waals surface area (Å²) in [6.45, 7) is 8.60. The normalized spacial score (nSPS) is 17.6. The van der Waals surface area contributed by atoms with Crippen LogP contribution in [0.3, 0.4) is 0 Å². The number of esters is 1. The van der Waals surface area contributed by atoms with Gasteiger partial charge < -0.3 is 29.0 Å². The third kappa shape index (κ3) is 6.39. The molecule has 11 heteroatoms. The molecular weight excluding hydrogens is 623 g/mol. The number of benzene rings is 1. The molecule has 7 rings (SSSR count). The average Bonchev–Trinajstić information content (AvgIpc) is 3.55. The van der Waals surface area contributed by atoms with E-state index in [-0.39, 0.29) is 29.2 Å². The molecule has 0 saturated carbocycles. The van der Waals surface area contributed by atoms with Crippen LogP contribution in [0.5, 0.6) is 0 Å². The minimum absolute atomic E-state index is 0.150. The van der Waals surface area contributed by atoms with Gasteiger partial charge in [-0.3, -0.25) is 14.4 Å². The lowest BCUT2D eigenvalue weighted by molar-refractivity contribution is -0.142. The number of carbonyl (C=O) groups excluding carboxylic acids is 2. The highest BCUT2D eigenvalue weighted by Gasteiger charge is 2.37. The number of piperidine rings is 1. The van der Waals surface area contributed by atoms with E-state index in [0.29, 0.717) is 52.9 Å². The lowest BCUT2D eigenvalue weighted by Crippen LogP contribution is -2.41. The highest BCUT2D eigenvalue weighted by Crippen LogP contribution is 2.41. The first-order valence-electron chi connectivity index (χ1n) is 17.0. The van der Waals surface area contributed by atoms with Crippen molar-refractivity contribution >= 4 is 29.1 Å². The van der Waals surface area contributed by atoms with Crippen LogP contribution in [0.1, 0.15) is 72.4 Å². The minimum Gasteiger partial charge on any atom is -0.461 e. The van der Waals surface area contributed by atoms with Gasteiger partial charge >= 0.3 is 5.97 Å². The number of fused-ring (bicyclic) bond motifs is 3. The smallest absolute Gasteiger partial charge is 0.302 e. The molecule has 1 amide bonds. The van der Waals surface area contributed by atoms with Crippen molar-refractivity contribution in [2.75, 3.05) is 36.9 Å². The van der Waals surface area contributed by atoms with Crippen LogP contribution in [-0.4, -0.2) is 57.6 Å². The number of anilines is 3. The summed E-state index contributed by atoms with van der Waals surface area (Å²) in [4.78, 5) is 47.9. The quantitative estimate of drug-likeness (QED) is 0.249. The Morgan fingerprint density at radius 1 is 1.04 bits per heavy atom. The molecule has 0 atom stereocenters. The van der Waals surface area contributed by atoms with E-state index in [1.54, 1.807) is 24.2 Å². The van der Waals surface area contributed by atoms with E-state index in [2.05, 4.69) is 46.7 Å². The minimum atomic E-state index is -0.552. The SMILES string of the molecule is CC(=O)OCc1c(-c2cc(Nc3ccc(C4CCN(C)CC4)cn3)c(=O)n(C)c2)cc(F)cc1N1CCn2c(cc3c2CC(C)(C)C3)C1=O. The van der Waals surface area contributed by atoms with E-state index < -0.39 is 11.8 Å². The van der Waals surface area contributed by atoms with Crippen LogP contribution in [0.2, 0.25) is 0 Å². The fourth-order valence-electron chi connectivity index (χ4n) is 7.74. The Balaban J connectivity index is 1.23. The number of carbonyl (C=O) groups is 2. The first-order chi connectivity index (χ1) is 23.4. The van der Waals surface area contributed by atoms with Crippen LogP contribution in [-0.2, 0) is 42.6 Å². The largest absolute Gasteiger partial charge is 0.461 e. The molecule has 256 valence electrons. The molecule has 10 nitrogen and oxygen atoms in total. The van der Waals surface area contributed by atoms with Crippen molar-refractivity contribution in [3.05, 3.63) is 93.0 Å². The van der Waals surface area contributed by atoms with E-state index >= 15 is 4.39 Å². The summed E-state index contributed by atoms with van der Waals surface area (Å²) in [5, 5.41) is 3.17. The van der Waals surface area contributed by atoms with Gasteiger partial charge in [0.15, 0.2) is 0 Å². The van der Waals surface area contributed by atoms with E-state index in [4.69, 9.17) is 4.74 Å². The summed E-state index contributed by atoms with van der Waals surface area (Å²) in [6.07, 6.45) is 7.45. The molecule has 0 radical (unpaired) electrons.